The van der Waals surface area contributed by atoms with Crippen molar-refractivity contribution in [3.63, 3.8) is 0 Å². The summed E-state index contributed by atoms with van der Waals surface area (Å²) in [5.41, 5.74) is -0.0516. The highest BCUT2D eigenvalue weighted by atomic mass is 35.5. The van der Waals surface area contributed by atoms with Gasteiger partial charge in [0.1, 0.15) is 12.4 Å². The normalized spacial score (nSPS) is 22.2. The first-order valence-corrected chi connectivity index (χ1v) is 14.8. The van der Waals surface area contributed by atoms with Crippen LogP contribution in [0.1, 0.15) is 41.6 Å². The fourth-order valence-electron chi connectivity index (χ4n) is 5.84. The number of fused-ring (bicyclic) bond motifs is 2. The average Bonchev–Trinajstić information content (AvgIpc) is 3.22. The Hall–Kier alpha value is -3.44. The van der Waals surface area contributed by atoms with Crippen LogP contribution in [-0.4, -0.2) is 25.8 Å². The zero-order valence-corrected chi connectivity index (χ0v) is 23.1. The largest absolute Gasteiger partial charge is 0.391 e. The van der Waals surface area contributed by atoms with Crippen molar-refractivity contribution < 1.29 is 35.6 Å². The predicted molar refractivity (Wildman–Crippen MR) is 145 cm³/mol. The minimum atomic E-state index is -3.96. The Balaban J connectivity index is 1.28. The number of hydrogen-bond donors (Lipinski definition) is 1. The van der Waals surface area contributed by atoms with Gasteiger partial charge in [0.05, 0.1) is 15.2 Å². The third-order valence-corrected chi connectivity index (χ3v) is 10.6. The zero-order valence-electron chi connectivity index (χ0n) is 21.5. The summed E-state index contributed by atoms with van der Waals surface area (Å²) in [6, 6.07) is 11.2. The Morgan fingerprint density at radius 1 is 0.976 bits per heavy atom. The number of hydrogen-bond acceptors (Lipinski definition) is 5. The number of amides is 1. The number of rotatable bonds is 8. The molecule has 1 amide bonds. The van der Waals surface area contributed by atoms with Gasteiger partial charge in [0, 0.05) is 35.2 Å². The van der Waals surface area contributed by atoms with Crippen LogP contribution in [-0.2, 0) is 21.3 Å². The van der Waals surface area contributed by atoms with Gasteiger partial charge in [-0.3, -0.25) is 4.79 Å². The van der Waals surface area contributed by atoms with Gasteiger partial charge in [-0.25, -0.2) is 26.0 Å². The van der Waals surface area contributed by atoms with E-state index in [9.17, 15) is 30.8 Å². The number of oxime groups is 1. The minimum absolute atomic E-state index is 0.0105. The molecule has 0 radical (unpaired) electrons. The number of carbonyl (C=O) groups is 1. The van der Waals surface area contributed by atoms with E-state index in [0.29, 0.717) is 43.4 Å². The predicted octanol–water partition coefficient (Wildman–Crippen LogP) is 6.93. The van der Waals surface area contributed by atoms with Gasteiger partial charge in [-0.15, -0.1) is 0 Å². The van der Waals surface area contributed by atoms with Crippen molar-refractivity contribution in [2.45, 2.75) is 42.4 Å². The van der Waals surface area contributed by atoms with E-state index in [-0.39, 0.29) is 51.3 Å². The number of anilines is 1. The Kier molecular flexibility index (Phi) is 8.37. The molecule has 2 unspecified atom stereocenters. The molecule has 41 heavy (non-hydrogen) atoms. The molecule has 6 nitrogen and oxygen atoms in total. The number of nitrogens with zero attached hydrogens (tertiary/aromatic N) is 1. The SMILES string of the molecule is O=C(Nc1cc(F)c(F)c(F)c1)c1ccc(Cl)c(S(=O)(=O)[C@H]2C3CCC2C[C@H](/C=N/OCc2ccccc2F)C3)c1. The van der Waals surface area contributed by atoms with Gasteiger partial charge in [0.25, 0.3) is 5.91 Å². The highest BCUT2D eigenvalue weighted by molar-refractivity contribution is 7.92. The van der Waals surface area contributed by atoms with Crippen LogP contribution in [0.3, 0.4) is 0 Å². The topological polar surface area (TPSA) is 84.8 Å². The Morgan fingerprint density at radius 2 is 1.63 bits per heavy atom. The van der Waals surface area contributed by atoms with Crippen molar-refractivity contribution in [2.24, 2.45) is 22.9 Å². The molecule has 2 fully saturated rings. The lowest BCUT2D eigenvalue weighted by Gasteiger charge is -2.33. The Morgan fingerprint density at radius 3 is 2.29 bits per heavy atom. The molecule has 2 atom stereocenters. The standard InChI is InChI=1S/C29H25ClF4N2O4S/c30-22-8-7-19(29(37)36-21-12-24(32)27(34)25(33)13-21)11-26(22)41(38,39)28-17-5-6-18(28)10-16(9-17)14-35-40-15-20-3-1-2-4-23(20)31/h1-4,7-8,11-14,16-18,28H,5-6,9-10,15H2,(H,36,37)/b35-14+/t16-,17?,18?,28+. The molecular weight excluding hydrogens is 584 g/mol. The zero-order chi connectivity index (χ0) is 29.3. The second kappa shape index (κ2) is 11.8. The van der Waals surface area contributed by atoms with Gasteiger partial charge in [-0.2, -0.15) is 0 Å². The molecule has 0 aromatic heterocycles. The van der Waals surface area contributed by atoms with Crippen molar-refractivity contribution in [2.75, 3.05) is 5.32 Å². The van der Waals surface area contributed by atoms with E-state index in [1.807, 2.05) is 0 Å². The number of halogens is 5. The first-order valence-electron chi connectivity index (χ1n) is 12.9. The summed E-state index contributed by atoms with van der Waals surface area (Å²) in [4.78, 5) is 17.8. The van der Waals surface area contributed by atoms with E-state index in [1.165, 1.54) is 18.2 Å². The summed E-state index contributed by atoms with van der Waals surface area (Å²) in [5.74, 6) is -6.20. The maximum Gasteiger partial charge on any atom is 0.255 e. The molecule has 0 spiro atoms. The lowest BCUT2D eigenvalue weighted by atomic mass is 9.81. The highest BCUT2D eigenvalue weighted by Gasteiger charge is 2.49. The molecule has 12 heteroatoms. The fourth-order valence-corrected chi connectivity index (χ4v) is 8.71. The van der Waals surface area contributed by atoms with Gasteiger partial charge < -0.3 is 10.2 Å². The smallest absolute Gasteiger partial charge is 0.255 e. The summed E-state index contributed by atoms with van der Waals surface area (Å²) in [6.45, 7) is -0.0206. The molecule has 2 bridgehead atoms. The van der Waals surface area contributed by atoms with Crippen LogP contribution < -0.4 is 5.32 Å². The first-order chi connectivity index (χ1) is 19.5. The maximum absolute atomic E-state index is 13.8. The molecule has 2 saturated carbocycles. The van der Waals surface area contributed by atoms with Crippen LogP contribution >= 0.6 is 11.6 Å². The molecule has 5 rings (SSSR count). The summed E-state index contributed by atoms with van der Waals surface area (Å²) >= 11 is 6.30. The van der Waals surface area contributed by atoms with Gasteiger partial charge >= 0.3 is 0 Å². The maximum atomic E-state index is 13.8. The van der Waals surface area contributed by atoms with Crippen molar-refractivity contribution in [3.8, 4) is 0 Å². The van der Waals surface area contributed by atoms with Crippen molar-refractivity contribution >= 4 is 39.2 Å². The van der Waals surface area contributed by atoms with Gasteiger partial charge in [-0.1, -0.05) is 35.0 Å². The second-order valence-corrected chi connectivity index (χ2v) is 12.8. The van der Waals surface area contributed by atoms with Crippen LogP contribution in [0.4, 0.5) is 23.2 Å². The highest BCUT2D eigenvalue weighted by Crippen LogP contribution is 2.49. The van der Waals surface area contributed by atoms with Crippen LogP contribution in [0.5, 0.6) is 0 Å². The van der Waals surface area contributed by atoms with E-state index in [0.717, 1.165) is 6.07 Å². The van der Waals surface area contributed by atoms with E-state index >= 15 is 0 Å². The average molecular weight is 609 g/mol. The molecule has 0 saturated heterocycles. The van der Waals surface area contributed by atoms with Crippen molar-refractivity contribution in [1.82, 2.24) is 0 Å². The lowest BCUT2D eigenvalue weighted by Crippen LogP contribution is -2.38. The fraction of sp³-hybridized carbons (Fsp3) is 0.310. The van der Waals surface area contributed by atoms with Gasteiger partial charge in [-0.05, 0) is 67.7 Å². The van der Waals surface area contributed by atoms with Crippen LogP contribution in [0.2, 0.25) is 5.02 Å². The van der Waals surface area contributed by atoms with Crippen LogP contribution in [0, 0.1) is 41.0 Å². The van der Waals surface area contributed by atoms with E-state index in [4.69, 9.17) is 16.4 Å². The van der Waals surface area contributed by atoms with Gasteiger partial charge in [0.15, 0.2) is 27.3 Å². The van der Waals surface area contributed by atoms with Crippen LogP contribution in [0.25, 0.3) is 0 Å². The number of sulfone groups is 1. The number of nitrogens with one attached hydrogen (secondary N) is 1. The molecule has 1 N–H and O–H groups in total. The van der Waals surface area contributed by atoms with E-state index < -0.39 is 38.4 Å². The minimum Gasteiger partial charge on any atom is -0.391 e. The monoisotopic (exact) mass is 608 g/mol. The van der Waals surface area contributed by atoms with E-state index in [2.05, 4.69) is 10.5 Å². The lowest BCUT2D eigenvalue weighted by molar-refractivity contribution is 0.102. The molecule has 2 aliphatic rings. The summed E-state index contributed by atoms with van der Waals surface area (Å²) in [7, 11) is -3.96. The first kappa shape index (κ1) is 29.1. The van der Waals surface area contributed by atoms with Crippen molar-refractivity contribution in [3.05, 3.63) is 94.0 Å². The third-order valence-electron chi connectivity index (χ3n) is 7.67. The van der Waals surface area contributed by atoms with Gasteiger partial charge in [0.2, 0.25) is 0 Å². The third kappa shape index (κ3) is 6.11. The molecule has 2 aliphatic carbocycles. The Labute approximate surface area is 239 Å². The molecule has 0 heterocycles. The quantitative estimate of drug-likeness (QED) is 0.130. The van der Waals surface area contributed by atoms with E-state index in [1.54, 1.807) is 24.4 Å². The number of benzene rings is 3. The van der Waals surface area contributed by atoms with Crippen LogP contribution in [0.15, 0.2) is 64.6 Å². The summed E-state index contributed by atoms with van der Waals surface area (Å²) in [5, 5.41) is 5.48. The Bertz CT molecular complexity index is 1580. The molecule has 3 aromatic carbocycles. The molecule has 3 aromatic rings. The number of carbonyl (C=O) groups excluding carboxylic acids is 1. The molecular formula is C29H25ClF4N2O4S. The molecule has 216 valence electrons. The summed E-state index contributed by atoms with van der Waals surface area (Å²) < 4.78 is 81.8. The second-order valence-electron chi connectivity index (χ2n) is 10.3. The summed E-state index contributed by atoms with van der Waals surface area (Å²) in [6.07, 6.45) is 4.18. The molecule has 0 aliphatic heterocycles. The van der Waals surface area contributed by atoms with Crippen molar-refractivity contribution in [1.29, 1.82) is 0 Å².